The van der Waals surface area contributed by atoms with Gasteiger partial charge in [0.05, 0.1) is 10.2 Å². The van der Waals surface area contributed by atoms with E-state index in [4.69, 9.17) is 11.6 Å². The second-order valence-electron chi connectivity index (χ2n) is 4.48. The Bertz CT molecular complexity index is 896. The van der Waals surface area contributed by atoms with Crippen molar-refractivity contribution in [3.63, 3.8) is 0 Å². The third-order valence-corrected chi connectivity index (χ3v) is 4.39. The molecule has 0 aliphatic carbocycles. The minimum atomic E-state index is -0.400. The number of aryl methyl sites for hydroxylation is 1. The second kappa shape index (κ2) is 5.42. The lowest BCUT2D eigenvalue weighted by atomic mass is 10.2. The van der Waals surface area contributed by atoms with Crippen LogP contribution in [0.15, 0.2) is 47.5 Å². The zero-order valence-electron chi connectivity index (χ0n) is 11.0. The molecule has 106 valence electrons. The SMILES string of the molecule is Cn1c(=NC(=O)c2ccc(F)cc2)sc2cc(Cl)ccc21. The van der Waals surface area contributed by atoms with Gasteiger partial charge in [-0.15, -0.1) is 0 Å². The lowest BCUT2D eigenvalue weighted by molar-refractivity contribution is 0.0998. The Hall–Kier alpha value is -1.98. The van der Waals surface area contributed by atoms with Crippen LogP contribution in [-0.2, 0) is 7.05 Å². The number of aromatic nitrogens is 1. The highest BCUT2D eigenvalue weighted by molar-refractivity contribution is 7.16. The van der Waals surface area contributed by atoms with Crippen LogP contribution >= 0.6 is 22.9 Å². The molecule has 0 unspecified atom stereocenters. The minimum absolute atomic E-state index is 0.354. The van der Waals surface area contributed by atoms with E-state index in [0.29, 0.717) is 15.4 Å². The third kappa shape index (κ3) is 2.75. The summed E-state index contributed by atoms with van der Waals surface area (Å²) in [6.45, 7) is 0. The number of halogens is 2. The Labute approximate surface area is 128 Å². The van der Waals surface area contributed by atoms with E-state index in [1.807, 2.05) is 23.7 Å². The van der Waals surface area contributed by atoms with Crippen LogP contribution in [0.2, 0.25) is 5.02 Å². The van der Waals surface area contributed by atoms with E-state index in [1.54, 1.807) is 6.07 Å². The molecule has 6 heteroatoms. The molecule has 0 atom stereocenters. The van der Waals surface area contributed by atoms with Crippen LogP contribution in [0.25, 0.3) is 10.2 Å². The number of fused-ring (bicyclic) bond motifs is 1. The summed E-state index contributed by atoms with van der Waals surface area (Å²) in [5, 5.41) is 0.640. The highest BCUT2D eigenvalue weighted by atomic mass is 35.5. The first kappa shape index (κ1) is 14.0. The van der Waals surface area contributed by atoms with Crippen molar-refractivity contribution in [2.45, 2.75) is 0 Å². The molecule has 21 heavy (non-hydrogen) atoms. The first-order chi connectivity index (χ1) is 10.0. The largest absolute Gasteiger partial charge is 0.319 e. The molecule has 3 aromatic rings. The Morgan fingerprint density at radius 1 is 1.24 bits per heavy atom. The number of carbonyl (C=O) groups is 1. The Morgan fingerprint density at radius 3 is 2.67 bits per heavy atom. The van der Waals surface area contributed by atoms with Crippen molar-refractivity contribution < 1.29 is 9.18 Å². The lowest BCUT2D eigenvalue weighted by Crippen LogP contribution is -2.13. The molecule has 0 aliphatic heterocycles. The maximum atomic E-state index is 12.9. The number of benzene rings is 2. The van der Waals surface area contributed by atoms with E-state index in [1.165, 1.54) is 35.6 Å². The Balaban J connectivity index is 2.09. The third-order valence-electron chi connectivity index (χ3n) is 3.06. The number of carbonyl (C=O) groups excluding carboxylic acids is 1. The summed E-state index contributed by atoms with van der Waals surface area (Å²) < 4.78 is 15.6. The fourth-order valence-corrected chi connectivity index (χ4v) is 3.25. The van der Waals surface area contributed by atoms with Crippen molar-refractivity contribution in [1.82, 2.24) is 4.57 Å². The molecule has 2 aromatic carbocycles. The van der Waals surface area contributed by atoms with E-state index in [9.17, 15) is 9.18 Å². The molecule has 1 heterocycles. The van der Waals surface area contributed by atoms with Crippen LogP contribution in [0.4, 0.5) is 4.39 Å². The van der Waals surface area contributed by atoms with Gasteiger partial charge in [0.1, 0.15) is 5.82 Å². The minimum Gasteiger partial charge on any atom is -0.319 e. The molecular weight excluding hydrogens is 311 g/mol. The van der Waals surface area contributed by atoms with Gasteiger partial charge in [0, 0.05) is 17.6 Å². The lowest BCUT2D eigenvalue weighted by Gasteiger charge is -1.96. The maximum Gasteiger partial charge on any atom is 0.279 e. The molecule has 0 bridgehead atoms. The summed E-state index contributed by atoms with van der Waals surface area (Å²) in [6, 6.07) is 10.8. The summed E-state index contributed by atoms with van der Waals surface area (Å²) in [7, 11) is 1.84. The number of hydrogen-bond donors (Lipinski definition) is 0. The van der Waals surface area contributed by atoms with Crippen LogP contribution in [0.5, 0.6) is 0 Å². The van der Waals surface area contributed by atoms with Gasteiger partial charge in [-0.3, -0.25) is 4.79 Å². The van der Waals surface area contributed by atoms with Crippen molar-refractivity contribution >= 4 is 39.1 Å². The van der Waals surface area contributed by atoms with Crippen LogP contribution in [-0.4, -0.2) is 10.5 Å². The van der Waals surface area contributed by atoms with Gasteiger partial charge in [-0.2, -0.15) is 4.99 Å². The van der Waals surface area contributed by atoms with Gasteiger partial charge in [0.25, 0.3) is 5.91 Å². The Morgan fingerprint density at radius 2 is 1.95 bits per heavy atom. The van der Waals surface area contributed by atoms with Gasteiger partial charge in [0.2, 0.25) is 0 Å². The van der Waals surface area contributed by atoms with E-state index in [2.05, 4.69) is 4.99 Å². The van der Waals surface area contributed by atoms with Crippen molar-refractivity contribution in [2.75, 3.05) is 0 Å². The summed E-state index contributed by atoms with van der Waals surface area (Å²) in [6.07, 6.45) is 0. The van der Waals surface area contributed by atoms with Crippen molar-refractivity contribution in [3.05, 3.63) is 63.7 Å². The monoisotopic (exact) mass is 320 g/mol. The second-order valence-corrected chi connectivity index (χ2v) is 5.93. The molecule has 0 saturated carbocycles. The van der Waals surface area contributed by atoms with E-state index >= 15 is 0 Å². The average molecular weight is 321 g/mol. The van der Waals surface area contributed by atoms with Gasteiger partial charge in [-0.25, -0.2) is 4.39 Å². The molecule has 3 nitrogen and oxygen atoms in total. The van der Waals surface area contributed by atoms with Gasteiger partial charge in [-0.05, 0) is 42.5 Å². The van der Waals surface area contributed by atoms with Crippen molar-refractivity contribution in [1.29, 1.82) is 0 Å². The van der Waals surface area contributed by atoms with Crippen molar-refractivity contribution in [3.8, 4) is 0 Å². The van der Waals surface area contributed by atoms with Crippen LogP contribution in [0.1, 0.15) is 10.4 Å². The average Bonchev–Trinajstić information content (AvgIpc) is 2.75. The molecule has 0 aliphatic rings. The molecular formula is C15H10ClFN2OS. The topological polar surface area (TPSA) is 34.4 Å². The van der Waals surface area contributed by atoms with Gasteiger partial charge in [-0.1, -0.05) is 22.9 Å². The van der Waals surface area contributed by atoms with E-state index in [-0.39, 0.29) is 5.82 Å². The van der Waals surface area contributed by atoms with Crippen LogP contribution in [0, 0.1) is 5.82 Å². The van der Waals surface area contributed by atoms with Gasteiger partial charge >= 0.3 is 0 Å². The predicted molar refractivity (Wildman–Crippen MR) is 82.1 cm³/mol. The first-order valence-electron chi connectivity index (χ1n) is 6.14. The zero-order chi connectivity index (χ0) is 15.0. The highest BCUT2D eigenvalue weighted by Crippen LogP contribution is 2.21. The quantitative estimate of drug-likeness (QED) is 0.672. The number of amides is 1. The molecule has 0 fully saturated rings. The maximum absolute atomic E-state index is 12.9. The summed E-state index contributed by atoms with van der Waals surface area (Å²) in [5.41, 5.74) is 1.31. The smallest absolute Gasteiger partial charge is 0.279 e. The predicted octanol–water partition coefficient (Wildman–Crippen LogP) is 3.77. The molecule has 0 saturated heterocycles. The number of nitrogens with zero attached hydrogens (tertiary/aromatic N) is 2. The fourth-order valence-electron chi connectivity index (χ4n) is 1.96. The summed E-state index contributed by atoms with van der Waals surface area (Å²) in [4.78, 5) is 16.8. The summed E-state index contributed by atoms with van der Waals surface area (Å²) >= 11 is 7.34. The molecule has 0 spiro atoms. The molecule has 0 N–H and O–H groups in total. The Kier molecular flexibility index (Phi) is 3.61. The molecule has 3 rings (SSSR count). The summed E-state index contributed by atoms with van der Waals surface area (Å²) in [5.74, 6) is -0.781. The zero-order valence-corrected chi connectivity index (χ0v) is 12.6. The van der Waals surface area contributed by atoms with Gasteiger partial charge < -0.3 is 4.57 Å². The number of hydrogen-bond acceptors (Lipinski definition) is 2. The molecule has 0 radical (unpaired) electrons. The van der Waals surface area contributed by atoms with E-state index in [0.717, 1.165) is 10.2 Å². The first-order valence-corrected chi connectivity index (χ1v) is 7.34. The molecule has 1 amide bonds. The van der Waals surface area contributed by atoms with Crippen LogP contribution in [0.3, 0.4) is 0 Å². The number of thiazole rings is 1. The van der Waals surface area contributed by atoms with E-state index < -0.39 is 5.91 Å². The normalized spacial score (nSPS) is 12.0. The fraction of sp³-hybridized carbons (Fsp3) is 0.0667. The van der Waals surface area contributed by atoms with Gasteiger partial charge in [0.15, 0.2) is 4.80 Å². The van der Waals surface area contributed by atoms with Crippen LogP contribution < -0.4 is 4.80 Å². The highest BCUT2D eigenvalue weighted by Gasteiger charge is 2.07. The number of rotatable bonds is 1. The standard InChI is InChI=1S/C15H10ClFN2OS/c1-19-12-7-4-10(16)8-13(12)21-15(19)18-14(20)9-2-5-11(17)6-3-9/h2-8H,1H3. The van der Waals surface area contributed by atoms with Crippen molar-refractivity contribution in [2.24, 2.45) is 12.0 Å². The molecule has 1 aromatic heterocycles.